The van der Waals surface area contributed by atoms with Gasteiger partial charge in [-0.1, -0.05) is 196 Å². The summed E-state index contributed by atoms with van der Waals surface area (Å²) in [7, 11) is -2.71. The monoisotopic (exact) mass is 737 g/mol. The zero-order valence-corrected chi connectivity index (χ0v) is 33.2. The van der Waals surface area contributed by atoms with Gasteiger partial charge >= 0.3 is 0 Å². The number of fused-ring (bicyclic) bond motifs is 6. The van der Waals surface area contributed by atoms with E-state index in [9.17, 15) is 0 Å². The Morgan fingerprint density at radius 1 is 0.571 bits per heavy atom. The van der Waals surface area contributed by atoms with Crippen LogP contribution >= 0.6 is 0 Å². The number of para-hydroxylation sites is 2. The van der Waals surface area contributed by atoms with Crippen LogP contribution in [0, 0.1) is 17.3 Å². The first-order valence-corrected chi connectivity index (χ1v) is 22.3. The van der Waals surface area contributed by atoms with Crippen molar-refractivity contribution in [3.63, 3.8) is 0 Å². The molecule has 2 heteroatoms. The van der Waals surface area contributed by atoms with Crippen molar-refractivity contribution in [1.29, 1.82) is 0 Å². The van der Waals surface area contributed by atoms with E-state index in [-0.39, 0.29) is 5.41 Å². The minimum Gasteiger partial charge on any atom is -0.309 e. The largest absolute Gasteiger partial charge is 0.309 e. The Kier molecular flexibility index (Phi) is 8.60. The summed E-state index contributed by atoms with van der Waals surface area (Å²) in [5.41, 5.74) is 8.21. The lowest BCUT2D eigenvalue weighted by Crippen LogP contribution is -2.74. The van der Waals surface area contributed by atoms with Crippen LogP contribution < -0.4 is 20.7 Å². The highest BCUT2D eigenvalue weighted by molar-refractivity contribution is 7.19. The molecule has 0 saturated carbocycles. The predicted molar refractivity (Wildman–Crippen MR) is 240 cm³/mol. The lowest BCUT2D eigenvalue weighted by Gasteiger charge is -2.49. The van der Waals surface area contributed by atoms with Gasteiger partial charge in [-0.3, -0.25) is 0 Å². The van der Waals surface area contributed by atoms with Gasteiger partial charge in [0.1, 0.15) is 0 Å². The number of benzene rings is 7. The number of nitrogens with zero attached hydrogens (tertiary/aromatic N) is 1. The molecule has 0 saturated heterocycles. The highest BCUT2D eigenvalue weighted by Crippen LogP contribution is 2.54. The van der Waals surface area contributed by atoms with Crippen molar-refractivity contribution in [1.82, 2.24) is 4.57 Å². The molecule has 4 atom stereocenters. The molecule has 0 amide bonds. The highest BCUT2D eigenvalue weighted by atomic mass is 28.3. The topological polar surface area (TPSA) is 4.93 Å². The third-order valence-corrected chi connectivity index (χ3v) is 18.2. The standard InChI is InChI=1S/C54H47NSi/c1-39(51-38-41-17-9-10-22-47(41)50-25-15-16-36-54(50,51)2)37-40-28-32-45(33-29-40)56(43-18-5-3-6-19-43,44-20-7-4-8-21-44)46-34-30-42(31-35-46)55-52-26-13-11-23-48(52)49-24-12-14-27-53(49)55/h3-36,39,50-51H,37-38H2,1-2H3. The first kappa shape index (κ1) is 34.5. The SMILES string of the molecule is CC(Cc1ccc([Si](c2ccccc2)(c2ccccc2)c2ccc(-n3c4ccccc4c4ccccc43)cc2)cc1)C1Cc2ccccc2C2C=CC=CC21C. The van der Waals surface area contributed by atoms with Crippen LogP contribution in [0.15, 0.2) is 206 Å². The van der Waals surface area contributed by atoms with Crippen LogP contribution in [-0.4, -0.2) is 12.6 Å². The lowest BCUT2D eigenvalue weighted by atomic mass is 9.54. The van der Waals surface area contributed by atoms with Gasteiger partial charge in [0, 0.05) is 22.4 Å². The Hall–Kier alpha value is -5.96. The fraction of sp³-hybridized carbons (Fsp3) is 0.148. The summed E-state index contributed by atoms with van der Waals surface area (Å²) in [4.78, 5) is 0. The van der Waals surface area contributed by atoms with Crippen molar-refractivity contribution in [3.8, 4) is 5.69 Å². The van der Waals surface area contributed by atoms with Gasteiger partial charge in [-0.15, -0.1) is 0 Å². The summed E-state index contributed by atoms with van der Waals surface area (Å²) in [5, 5.41) is 8.16. The molecular weight excluding hydrogens is 691 g/mol. The number of rotatable bonds is 8. The summed E-state index contributed by atoms with van der Waals surface area (Å²) in [5.74, 6) is 1.51. The minimum atomic E-state index is -2.71. The van der Waals surface area contributed by atoms with E-state index in [1.165, 1.54) is 64.9 Å². The van der Waals surface area contributed by atoms with Gasteiger partial charge in [-0.2, -0.15) is 0 Å². The molecule has 56 heavy (non-hydrogen) atoms. The van der Waals surface area contributed by atoms with Gasteiger partial charge in [0.25, 0.3) is 0 Å². The van der Waals surface area contributed by atoms with Crippen molar-refractivity contribution < 1.29 is 0 Å². The van der Waals surface area contributed by atoms with Crippen LogP contribution in [0.1, 0.15) is 36.5 Å². The van der Waals surface area contributed by atoms with E-state index >= 15 is 0 Å². The molecule has 7 aromatic carbocycles. The third-order valence-electron chi connectivity index (χ3n) is 13.4. The second-order valence-electron chi connectivity index (χ2n) is 16.4. The average molecular weight is 738 g/mol. The molecule has 0 fully saturated rings. The first-order valence-electron chi connectivity index (χ1n) is 20.3. The quantitative estimate of drug-likeness (QED) is 0.108. The molecule has 8 aromatic rings. The number of aromatic nitrogens is 1. The van der Waals surface area contributed by atoms with E-state index in [1.807, 2.05) is 0 Å². The molecule has 0 N–H and O–H groups in total. The van der Waals surface area contributed by atoms with Crippen molar-refractivity contribution in [3.05, 3.63) is 223 Å². The van der Waals surface area contributed by atoms with Crippen LogP contribution in [0.2, 0.25) is 0 Å². The summed E-state index contributed by atoms with van der Waals surface area (Å²) in [6.07, 6.45) is 11.7. The Labute approximate surface area is 332 Å². The minimum absolute atomic E-state index is 0.108. The van der Waals surface area contributed by atoms with E-state index in [0.29, 0.717) is 17.8 Å². The molecule has 1 heterocycles. The zero-order valence-electron chi connectivity index (χ0n) is 32.2. The molecule has 1 aromatic heterocycles. The van der Waals surface area contributed by atoms with Crippen LogP contribution in [0.4, 0.5) is 0 Å². The fourth-order valence-electron chi connectivity index (χ4n) is 10.7. The van der Waals surface area contributed by atoms with E-state index in [2.05, 4.69) is 225 Å². The smallest absolute Gasteiger partial charge is 0.179 e. The molecule has 10 rings (SSSR count). The van der Waals surface area contributed by atoms with Crippen LogP contribution in [0.25, 0.3) is 27.5 Å². The van der Waals surface area contributed by atoms with Gasteiger partial charge in [0.2, 0.25) is 0 Å². The molecule has 0 aliphatic heterocycles. The summed E-state index contributed by atoms with van der Waals surface area (Å²) < 4.78 is 2.42. The van der Waals surface area contributed by atoms with Gasteiger partial charge in [-0.25, -0.2) is 0 Å². The van der Waals surface area contributed by atoms with Crippen molar-refractivity contribution in [2.24, 2.45) is 17.3 Å². The maximum Gasteiger partial charge on any atom is 0.179 e. The molecule has 1 nitrogen and oxygen atoms in total. The van der Waals surface area contributed by atoms with Crippen LogP contribution in [-0.2, 0) is 12.8 Å². The molecule has 0 spiro atoms. The summed E-state index contributed by atoms with van der Waals surface area (Å²) >= 11 is 0. The van der Waals surface area contributed by atoms with Crippen LogP contribution in [0.5, 0.6) is 0 Å². The van der Waals surface area contributed by atoms with Crippen molar-refractivity contribution >= 4 is 50.6 Å². The van der Waals surface area contributed by atoms with E-state index < -0.39 is 8.07 Å². The Morgan fingerprint density at radius 2 is 1.09 bits per heavy atom. The van der Waals surface area contributed by atoms with E-state index in [0.717, 1.165) is 12.8 Å². The predicted octanol–water partition coefficient (Wildman–Crippen LogP) is 10.4. The Morgan fingerprint density at radius 3 is 1.71 bits per heavy atom. The van der Waals surface area contributed by atoms with Gasteiger partial charge < -0.3 is 4.57 Å². The molecule has 4 unspecified atom stereocenters. The first-order chi connectivity index (χ1) is 27.6. The molecule has 2 aliphatic carbocycles. The molecular formula is C54H47NSi. The van der Waals surface area contributed by atoms with Gasteiger partial charge in [0.05, 0.1) is 11.0 Å². The Bertz CT molecular complexity index is 2630. The average Bonchev–Trinajstić information content (AvgIpc) is 3.59. The maximum absolute atomic E-state index is 2.71. The number of hydrogen-bond donors (Lipinski definition) is 0. The fourth-order valence-corrected chi connectivity index (χ4v) is 15.4. The number of allylic oxidation sites excluding steroid dienone is 4. The highest BCUT2D eigenvalue weighted by Gasteiger charge is 2.46. The molecule has 2 aliphatic rings. The van der Waals surface area contributed by atoms with E-state index in [1.54, 1.807) is 0 Å². The van der Waals surface area contributed by atoms with Crippen molar-refractivity contribution in [2.45, 2.75) is 32.6 Å². The Balaban J connectivity index is 1.05. The van der Waals surface area contributed by atoms with Gasteiger partial charge in [0.15, 0.2) is 8.07 Å². The molecule has 272 valence electrons. The van der Waals surface area contributed by atoms with E-state index in [4.69, 9.17) is 0 Å². The second-order valence-corrected chi connectivity index (χ2v) is 20.2. The number of hydrogen-bond acceptors (Lipinski definition) is 0. The van der Waals surface area contributed by atoms with Gasteiger partial charge in [-0.05, 0) is 91.8 Å². The molecule has 0 radical (unpaired) electrons. The molecule has 0 bridgehead atoms. The van der Waals surface area contributed by atoms with Crippen LogP contribution in [0.3, 0.4) is 0 Å². The summed E-state index contributed by atoms with van der Waals surface area (Å²) in [6, 6.07) is 68.7. The maximum atomic E-state index is 2.50. The summed E-state index contributed by atoms with van der Waals surface area (Å²) in [6.45, 7) is 5.00. The normalized spacial score (nSPS) is 19.5. The van der Waals surface area contributed by atoms with Crippen molar-refractivity contribution in [2.75, 3.05) is 0 Å². The second kappa shape index (κ2) is 14.0. The zero-order chi connectivity index (χ0) is 37.7. The lowest BCUT2D eigenvalue weighted by molar-refractivity contribution is 0.143. The third kappa shape index (κ3) is 5.50.